The zero-order valence-electron chi connectivity index (χ0n) is 11.6. The van der Waals surface area contributed by atoms with Gasteiger partial charge in [-0.2, -0.15) is 11.3 Å². The normalized spacial score (nSPS) is 22.4. The summed E-state index contributed by atoms with van der Waals surface area (Å²) < 4.78 is 5.28. The Kier molecular flexibility index (Phi) is 3.92. The molecule has 0 unspecified atom stereocenters. The smallest absolute Gasteiger partial charge is 0.223 e. The molecule has 2 atom stereocenters. The summed E-state index contributed by atoms with van der Waals surface area (Å²) in [5, 5.41) is 4.32. The van der Waals surface area contributed by atoms with E-state index in [1.54, 1.807) is 17.6 Å². The van der Waals surface area contributed by atoms with Gasteiger partial charge >= 0.3 is 0 Å². The Morgan fingerprint density at radius 3 is 3.10 bits per heavy atom. The molecule has 1 saturated heterocycles. The molecular weight excluding hydrogens is 270 g/mol. The van der Waals surface area contributed by atoms with Crippen molar-refractivity contribution in [3.8, 4) is 0 Å². The Bertz CT molecular complexity index is 547. The molecule has 0 saturated carbocycles. The minimum atomic E-state index is 0.242. The highest BCUT2D eigenvalue weighted by Gasteiger charge is 2.32. The van der Waals surface area contributed by atoms with E-state index in [2.05, 4.69) is 23.8 Å². The summed E-state index contributed by atoms with van der Waals surface area (Å²) >= 11 is 1.73. The van der Waals surface area contributed by atoms with Crippen LogP contribution in [0, 0.1) is 0 Å². The van der Waals surface area contributed by atoms with Gasteiger partial charge in [0, 0.05) is 31.3 Å². The van der Waals surface area contributed by atoms with E-state index in [0.717, 1.165) is 18.7 Å². The monoisotopic (exact) mass is 289 g/mol. The Hall–Kier alpha value is -1.55. The number of aryl methyl sites for hydroxylation is 1. The largest absolute Gasteiger partial charge is 0.469 e. The number of amides is 1. The first kappa shape index (κ1) is 13.4. The fourth-order valence-corrected chi connectivity index (χ4v) is 3.70. The van der Waals surface area contributed by atoms with Gasteiger partial charge in [0.2, 0.25) is 5.91 Å². The van der Waals surface area contributed by atoms with Crippen LogP contribution in [0.4, 0.5) is 0 Å². The molecule has 3 heterocycles. The molecule has 0 aliphatic carbocycles. The molecule has 1 aliphatic rings. The van der Waals surface area contributed by atoms with Crippen LogP contribution in [0.5, 0.6) is 0 Å². The Balaban J connectivity index is 1.58. The van der Waals surface area contributed by atoms with Gasteiger partial charge in [-0.15, -0.1) is 0 Å². The van der Waals surface area contributed by atoms with Crippen molar-refractivity contribution in [2.45, 2.75) is 38.1 Å². The lowest BCUT2D eigenvalue weighted by Gasteiger charge is -2.21. The molecule has 1 fully saturated rings. The molecular formula is C16H19NO2S. The first-order valence-electron chi connectivity index (χ1n) is 7.08. The van der Waals surface area contributed by atoms with E-state index < -0.39 is 0 Å². The fourth-order valence-electron chi connectivity index (χ4n) is 2.96. The van der Waals surface area contributed by atoms with Crippen LogP contribution in [0.15, 0.2) is 39.6 Å². The average molecular weight is 289 g/mol. The molecule has 20 heavy (non-hydrogen) atoms. The standard InChI is InChI=1S/C16H19NO2S/c1-12-9-14(13-6-8-20-11-13)10-17(12)16(18)5-4-15-3-2-7-19-15/h2-3,6-8,11-12,14H,4-5,9-10H2,1H3/t12-,14-/m1/s1. The fraction of sp³-hybridized carbons (Fsp3) is 0.438. The van der Waals surface area contributed by atoms with E-state index in [9.17, 15) is 4.79 Å². The highest BCUT2D eigenvalue weighted by atomic mass is 32.1. The zero-order valence-corrected chi connectivity index (χ0v) is 12.4. The number of hydrogen-bond acceptors (Lipinski definition) is 3. The van der Waals surface area contributed by atoms with Crippen molar-refractivity contribution in [1.82, 2.24) is 4.90 Å². The Morgan fingerprint density at radius 2 is 2.40 bits per heavy atom. The maximum Gasteiger partial charge on any atom is 0.223 e. The first-order chi connectivity index (χ1) is 9.74. The van der Waals surface area contributed by atoms with Crippen molar-refractivity contribution in [3.63, 3.8) is 0 Å². The molecule has 1 amide bonds. The molecule has 3 rings (SSSR count). The van der Waals surface area contributed by atoms with Gasteiger partial charge in [-0.1, -0.05) is 0 Å². The van der Waals surface area contributed by atoms with E-state index in [-0.39, 0.29) is 5.91 Å². The second-order valence-electron chi connectivity index (χ2n) is 5.46. The van der Waals surface area contributed by atoms with E-state index in [0.29, 0.717) is 24.8 Å². The second kappa shape index (κ2) is 5.83. The molecule has 1 aliphatic heterocycles. The van der Waals surface area contributed by atoms with Crippen molar-refractivity contribution in [2.75, 3.05) is 6.54 Å². The summed E-state index contributed by atoms with van der Waals surface area (Å²) in [4.78, 5) is 14.4. The molecule has 3 nitrogen and oxygen atoms in total. The number of thiophene rings is 1. The summed E-state index contributed by atoms with van der Waals surface area (Å²) in [5.74, 6) is 1.63. The number of carbonyl (C=O) groups is 1. The van der Waals surface area contributed by atoms with Gasteiger partial charge in [0.1, 0.15) is 5.76 Å². The predicted molar refractivity (Wildman–Crippen MR) is 79.9 cm³/mol. The minimum Gasteiger partial charge on any atom is -0.469 e. The Morgan fingerprint density at radius 1 is 1.50 bits per heavy atom. The van der Waals surface area contributed by atoms with Gasteiger partial charge in [0.15, 0.2) is 0 Å². The van der Waals surface area contributed by atoms with Gasteiger partial charge < -0.3 is 9.32 Å². The molecule has 0 spiro atoms. The van der Waals surface area contributed by atoms with Crippen LogP contribution >= 0.6 is 11.3 Å². The maximum absolute atomic E-state index is 12.4. The lowest BCUT2D eigenvalue weighted by atomic mass is 10.00. The van der Waals surface area contributed by atoms with Crippen molar-refractivity contribution >= 4 is 17.2 Å². The third-order valence-electron chi connectivity index (χ3n) is 4.08. The van der Waals surface area contributed by atoms with Gasteiger partial charge in [-0.3, -0.25) is 4.79 Å². The first-order valence-corrected chi connectivity index (χ1v) is 8.02. The number of carbonyl (C=O) groups excluding carboxylic acids is 1. The Labute approximate surface area is 123 Å². The van der Waals surface area contributed by atoms with E-state index in [1.807, 2.05) is 17.0 Å². The third-order valence-corrected chi connectivity index (χ3v) is 4.78. The van der Waals surface area contributed by atoms with Crippen LogP contribution in [0.25, 0.3) is 0 Å². The number of furan rings is 1. The van der Waals surface area contributed by atoms with Gasteiger partial charge in [-0.05, 0) is 47.9 Å². The quantitative estimate of drug-likeness (QED) is 0.860. The summed E-state index contributed by atoms with van der Waals surface area (Å²) in [6.45, 7) is 3.01. The number of rotatable bonds is 4. The number of hydrogen-bond donors (Lipinski definition) is 0. The molecule has 0 bridgehead atoms. The molecule has 2 aromatic rings. The van der Waals surface area contributed by atoms with Gasteiger partial charge in [-0.25, -0.2) is 0 Å². The summed E-state index contributed by atoms with van der Waals surface area (Å²) in [5.41, 5.74) is 1.38. The van der Waals surface area contributed by atoms with Crippen molar-refractivity contribution in [3.05, 3.63) is 46.5 Å². The topological polar surface area (TPSA) is 33.5 Å². The van der Waals surface area contributed by atoms with Gasteiger partial charge in [0.05, 0.1) is 6.26 Å². The second-order valence-corrected chi connectivity index (χ2v) is 6.24. The minimum absolute atomic E-state index is 0.242. The molecule has 4 heteroatoms. The van der Waals surface area contributed by atoms with Crippen LogP contribution in [0.2, 0.25) is 0 Å². The number of nitrogens with zero attached hydrogens (tertiary/aromatic N) is 1. The summed E-state index contributed by atoms with van der Waals surface area (Å²) in [7, 11) is 0. The highest BCUT2D eigenvalue weighted by molar-refractivity contribution is 7.07. The molecule has 2 aromatic heterocycles. The SMILES string of the molecule is C[C@@H]1C[C@@H](c2ccsc2)CN1C(=O)CCc1ccco1. The lowest BCUT2D eigenvalue weighted by Crippen LogP contribution is -2.34. The van der Waals surface area contributed by atoms with Gasteiger partial charge in [0.25, 0.3) is 0 Å². The van der Waals surface area contributed by atoms with Crippen LogP contribution in [0.3, 0.4) is 0 Å². The molecule has 106 valence electrons. The van der Waals surface area contributed by atoms with E-state index in [1.165, 1.54) is 5.56 Å². The maximum atomic E-state index is 12.4. The molecule has 0 aromatic carbocycles. The zero-order chi connectivity index (χ0) is 13.9. The lowest BCUT2D eigenvalue weighted by molar-refractivity contribution is -0.131. The summed E-state index contributed by atoms with van der Waals surface area (Å²) in [6, 6.07) is 6.31. The predicted octanol–water partition coefficient (Wildman–Crippen LogP) is 3.68. The van der Waals surface area contributed by atoms with Crippen molar-refractivity contribution in [2.24, 2.45) is 0 Å². The van der Waals surface area contributed by atoms with Crippen molar-refractivity contribution < 1.29 is 9.21 Å². The molecule has 0 N–H and O–H groups in total. The van der Waals surface area contributed by atoms with Crippen LogP contribution in [-0.4, -0.2) is 23.4 Å². The average Bonchev–Trinajstić information content (AvgIpc) is 3.17. The van der Waals surface area contributed by atoms with E-state index in [4.69, 9.17) is 4.42 Å². The van der Waals surface area contributed by atoms with Crippen molar-refractivity contribution in [1.29, 1.82) is 0 Å². The van der Waals surface area contributed by atoms with Crippen LogP contribution < -0.4 is 0 Å². The van der Waals surface area contributed by atoms with Crippen LogP contribution in [-0.2, 0) is 11.2 Å². The highest BCUT2D eigenvalue weighted by Crippen LogP contribution is 2.33. The summed E-state index contributed by atoms with van der Waals surface area (Å²) in [6.07, 6.45) is 3.96. The van der Waals surface area contributed by atoms with E-state index >= 15 is 0 Å². The third kappa shape index (κ3) is 2.80. The molecule has 0 radical (unpaired) electrons. The number of likely N-dealkylation sites (tertiary alicyclic amines) is 1. The van der Waals surface area contributed by atoms with Crippen LogP contribution in [0.1, 0.15) is 37.0 Å².